The molecule has 0 spiro atoms. The second kappa shape index (κ2) is 4.08. The third-order valence-electron chi connectivity index (χ3n) is 0.842. The van der Waals surface area contributed by atoms with Gasteiger partial charge in [0, 0.05) is 5.70 Å². The summed E-state index contributed by atoms with van der Waals surface area (Å²) in [5.74, 6) is 0. The molecule has 0 aromatic rings. The molecular formula is C7H12N2O2S. The molecule has 0 amide bonds. The molecule has 0 aromatic heterocycles. The van der Waals surface area contributed by atoms with Crippen LogP contribution in [-0.4, -0.2) is 8.42 Å². The van der Waals surface area contributed by atoms with Crippen molar-refractivity contribution in [3.63, 3.8) is 0 Å². The lowest BCUT2D eigenvalue weighted by Gasteiger charge is -2.00. The second-order valence-electron chi connectivity index (χ2n) is 2.35. The van der Waals surface area contributed by atoms with E-state index in [0.29, 0.717) is 0 Å². The Hall–Kier alpha value is -1.07. The topological polar surface area (TPSA) is 72.2 Å². The van der Waals surface area contributed by atoms with E-state index in [1.807, 2.05) is 4.72 Å². The first kappa shape index (κ1) is 10.9. The highest BCUT2D eigenvalue weighted by atomic mass is 32.2. The molecule has 0 radical (unpaired) electrons. The molecule has 0 unspecified atom stereocenters. The average Bonchev–Trinajstić information content (AvgIpc) is 1.79. The summed E-state index contributed by atoms with van der Waals surface area (Å²) in [6.07, 6.45) is 3.10. The van der Waals surface area contributed by atoms with Crippen molar-refractivity contribution in [2.24, 2.45) is 5.14 Å². The van der Waals surface area contributed by atoms with Crippen LogP contribution in [0.2, 0.25) is 0 Å². The Morgan fingerprint density at radius 3 is 2.25 bits per heavy atom. The molecular weight excluding hydrogens is 176 g/mol. The fraction of sp³-hybridized carbons (Fsp3) is 0.143. The SMILES string of the molecule is C=C(C)/C=C\C(=C)NS(N)(=O)=O. The van der Waals surface area contributed by atoms with Crippen molar-refractivity contribution in [3.8, 4) is 0 Å². The number of allylic oxidation sites excluding steroid dienone is 3. The van der Waals surface area contributed by atoms with E-state index >= 15 is 0 Å². The molecule has 0 saturated heterocycles. The molecule has 68 valence electrons. The maximum absolute atomic E-state index is 10.4. The van der Waals surface area contributed by atoms with Gasteiger partial charge in [0.1, 0.15) is 0 Å². The Bertz CT molecular complexity index is 314. The Balaban J connectivity index is 4.18. The summed E-state index contributed by atoms with van der Waals surface area (Å²) in [7, 11) is -3.70. The molecule has 0 aliphatic rings. The van der Waals surface area contributed by atoms with E-state index < -0.39 is 10.2 Å². The van der Waals surface area contributed by atoms with Crippen LogP contribution in [0.4, 0.5) is 0 Å². The summed E-state index contributed by atoms with van der Waals surface area (Å²) in [6.45, 7) is 8.78. The van der Waals surface area contributed by atoms with Gasteiger partial charge >= 0.3 is 0 Å². The predicted molar refractivity (Wildman–Crippen MR) is 49.3 cm³/mol. The fourth-order valence-electron chi connectivity index (χ4n) is 0.460. The Kier molecular flexibility index (Phi) is 3.72. The quantitative estimate of drug-likeness (QED) is 0.628. The zero-order valence-corrected chi connectivity index (χ0v) is 7.69. The van der Waals surface area contributed by atoms with E-state index in [9.17, 15) is 8.42 Å². The van der Waals surface area contributed by atoms with Gasteiger partial charge in [-0.25, -0.2) is 5.14 Å². The minimum atomic E-state index is -3.70. The van der Waals surface area contributed by atoms with Gasteiger partial charge in [0.25, 0.3) is 10.2 Å². The first-order valence-corrected chi connectivity index (χ1v) is 4.69. The molecule has 12 heavy (non-hydrogen) atoms. The highest BCUT2D eigenvalue weighted by Gasteiger charge is 1.98. The molecule has 5 heteroatoms. The van der Waals surface area contributed by atoms with Crippen LogP contribution in [0.3, 0.4) is 0 Å². The Morgan fingerprint density at radius 2 is 1.92 bits per heavy atom. The van der Waals surface area contributed by atoms with Crippen molar-refractivity contribution >= 4 is 10.2 Å². The lowest BCUT2D eigenvalue weighted by atomic mass is 10.3. The Labute approximate surface area is 72.6 Å². The van der Waals surface area contributed by atoms with Gasteiger partial charge < -0.3 is 0 Å². The maximum Gasteiger partial charge on any atom is 0.296 e. The highest BCUT2D eigenvalue weighted by molar-refractivity contribution is 7.87. The van der Waals surface area contributed by atoms with E-state index in [0.717, 1.165) is 5.57 Å². The van der Waals surface area contributed by atoms with Crippen LogP contribution in [-0.2, 0) is 10.2 Å². The highest BCUT2D eigenvalue weighted by Crippen LogP contribution is 1.94. The Morgan fingerprint density at radius 1 is 1.42 bits per heavy atom. The number of hydrogen-bond acceptors (Lipinski definition) is 2. The van der Waals surface area contributed by atoms with Crippen molar-refractivity contribution in [1.82, 2.24) is 4.72 Å². The van der Waals surface area contributed by atoms with Crippen LogP contribution in [0.15, 0.2) is 36.6 Å². The summed E-state index contributed by atoms with van der Waals surface area (Å²) in [4.78, 5) is 0. The van der Waals surface area contributed by atoms with Crippen molar-refractivity contribution in [3.05, 3.63) is 36.6 Å². The van der Waals surface area contributed by atoms with E-state index in [4.69, 9.17) is 0 Å². The summed E-state index contributed by atoms with van der Waals surface area (Å²) in [5, 5.41) is 4.69. The summed E-state index contributed by atoms with van der Waals surface area (Å²) >= 11 is 0. The molecule has 0 aliphatic heterocycles. The van der Waals surface area contributed by atoms with Gasteiger partial charge in [-0.05, 0) is 13.0 Å². The van der Waals surface area contributed by atoms with Gasteiger partial charge in [0.15, 0.2) is 0 Å². The van der Waals surface area contributed by atoms with Crippen LogP contribution in [0.1, 0.15) is 6.92 Å². The maximum atomic E-state index is 10.4. The van der Waals surface area contributed by atoms with E-state index in [2.05, 4.69) is 18.3 Å². The molecule has 0 bridgehead atoms. The van der Waals surface area contributed by atoms with Crippen LogP contribution >= 0.6 is 0 Å². The normalized spacial score (nSPS) is 11.5. The summed E-state index contributed by atoms with van der Waals surface area (Å²) in [6, 6.07) is 0. The van der Waals surface area contributed by atoms with Crippen molar-refractivity contribution in [2.75, 3.05) is 0 Å². The third kappa shape index (κ3) is 7.04. The minimum Gasteiger partial charge on any atom is -0.272 e. The number of rotatable bonds is 4. The van der Waals surface area contributed by atoms with E-state index in [1.54, 1.807) is 13.0 Å². The summed E-state index contributed by atoms with van der Waals surface area (Å²) < 4.78 is 22.9. The molecule has 0 fully saturated rings. The van der Waals surface area contributed by atoms with Crippen molar-refractivity contribution < 1.29 is 8.42 Å². The van der Waals surface area contributed by atoms with Crippen LogP contribution in [0.25, 0.3) is 0 Å². The van der Waals surface area contributed by atoms with Crippen LogP contribution in [0, 0.1) is 0 Å². The molecule has 0 aliphatic carbocycles. The van der Waals surface area contributed by atoms with Gasteiger partial charge in [-0.2, -0.15) is 8.42 Å². The molecule has 0 heterocycles. The van der Waals surface area contributed by atoms with Crippen molar-refractivity contribution in [2.45, 2.75) is 6.92 Å². The smallest absolute Gasteiger partial charge is 0.272 e. The number of nitrogens with two attached hydrogens (primary N) is 1. The van der Waals surface area contributed by atoms with Crippen molar-refractivity contribution in [1.29, 1.82) is 0 Å². The largest absolute Gasteiger partial charge is 0.296 e. The monoisotopic (exact) mass is 188 g/mol. The van der Waals surface area contributed by atoms with Gasteiger partial charge in [-0.15, -0.1) is 0 Å². The zero-order valence-electron chi connectivity index (χ0n) is 6.87. The standard InChI is InChI=1S/C7H12N2O2S/c1-6(2)4-5-7(3)9-12(8,10)11/h4-5,9H,1,3H2,2H3,(H2,8,10,11)/b5-4-. The lowest BCUT2D eigenvalue weighted by molar-refractivity contribution is 0.591. The van der Waals surface area contributed by atoms with Gasteiger partial charge in [0.2, 0.25) is 0 Å². The molecule has 0 atom stereocenters. The lowest BCUT2D eigenvalue weighted by Crippen LogP contribution is -2.29. The van der Waals surface area contributed by atoms with Gasteiger partial charge in [-0.3, -0.25) is 4.72 Å². The number of nitrogens with one attached hydrogen (secondary N) is 1. The molecule has 4 nitrogen and oxygen atoms in total. The molecule has 0 saturated carbocycles. The molecule has 0 aromatic carbocycles. The predicted octanol–water partition coefficient (Wildman–Crippen LogP) is 0.426. The third-order valence-corrected chi connectivity index (χ3v) is 1.39. The number of hydrogen-bond donors (Lipinski definition) is 2. The molecule has 3 N–H and O–H groups in total. The van der Waals surface area contributed by atoms with Gasteiger partial charge in [-0.1, -0.05) is 24.8 Å². The van der Waals surface area contributed by atoms with Crippen LogP contribution < -0.4 is 9.86 Å². The zero-order chi connectivity index (χ0) is 9.78. The first-order chi connectivity index (χ1) is 5.31. The molecule has 0 rings (SSSR count). The average molecular weight is 188 g/mol. The first-order valence-electron chi connectivity index (χ1n) is 3.14. The van der Waals surface area contributed by atoms with Gasteiger partial charge in [0.05, 0.1) is 0 Å². The van der Waals surface area contributed by atoms with E-state index in [-0.39, 0.29) is 5.70 Å². The van der Waals surface area contributed by atoms with E-state index in [1.165, 1.54) is 6.08 Å². The fourth-order valence-corrected chi connectivity index (χ4v) is 0.893. The van der Waals surface area contributed by atoms with Crippen LogP contribution in [0.5, 0.6) is 0 Å². The second-order valence-corrected chi connectivity index (χ2v) is 3.65. The minimum absolute atomic E-state index is 0.209. The summed E-state index contributed by atoms with van der Waals surface area (Å²) in [5.41, 5.74) is 1.01.